The number of aromatic carboxylic acids is 1. The predicted molar refractivity (Wildman–Crippen MR) is 107 cm³/mol. The van der Waals surface area contributed by atoms with Crippen molar-refractivity contribution in [2.75, 3.05) is 11.4 Å². The van der Waals surface area contributed by atoms with Crippen LogP contribution < -0.4 is 9.62 Å². The van der Waals surface area contributed by atoms with E-state index in [4.69, 9.17) is 0 Å². The molecule has 7 heteroatoms. The molecule has 1 unspecified atom stereocenters. The standard InChI is InChI=1S/C21H18N2O4S/c24-21(25)16-9-7-13-4-1-2-5-15(13)20(16)14-8-10-17-18(12-14)28(26,27)22-19-6-3-11-23(17)19/h1-2,4-5,7-10,12,19,22H,3,6,11H2,(H,24,25). The molecule has 28 heavy (non-hydrogen) atoms. The fourth-order valence-corrected chi connectivity index (χ4v) is 5.78. The first-order chi connectivity index (χ1) is 13.5. The number of rotatable bonds is 2. The second-order valence-electron chi connectivity index (χ2n) is 7.17. The first-order valence-electron chi connectivity index (χ1n) is 9.14. The zero-order chi connectivity index (χ0) is 19.5. The Balaban J connectivity index is 1.79. The van der Waals surface area contributed by atoms with Crippen LogP contribution in [0.1, 0.15) is 23.2 Å². The van der Waals surface area contributed by atoms with Crippen molar-refractivity contribution >= 4 is 32.5 Å². The molecular weight excluding hydrogens is 376 g/mol. The second-order valence-corrected chi connectivity index (χ2v) is 8.85. The molecule has 0 saturated carbocycles. The fraction of sp³-hybridized carbons (Fsp3) is 0.190. The first kappa shape index (κ1) is 17.2. The molecule has 5 rings (SSSR count). The van der Waals surface area contributed by atoms with E-state index in [0.29, 0.717) is 16.8 Å². The van der Waals surface area contributed by atoms with E-state index in [0.717, 1.165) is 30.2 Å². The highest BCUT2D eigenvalue weighted by atomic mass is 32.2. The molecule has 0 amide bonds. The van der Waals surface area contributed by atoms with Crippen LogP contribution in [0.2, 0.25) is 0 Å². The minimum atomic E-state index is -3.65. The van der Waals surface area contributed by atoms with Crippen LogP contribution in [-0.2, 0) is 10.0 Å². The van der Waals surface area contributed by atoms with Crippen molar-refractivity contribution in [3.63, 3.8) is 0 Å². The molecule has 1 atom stereocenters. The lowest BCUT2D eigenvalue weighted by molar-refractivity contribution is 0.0698. The van der Waals surface area contributed by atoms with E-state index in [9.17, 15) is 18.3 Å². The average Bonchev–Trinajstić information content (AvgIpc) is 3.14. The molecule has 3 aromatic carbocycles. The number of benzene rings is 3. The summed E-state index contributed by atoms with van der Waals surface area (Å²) in [7, 11) is -3.65. The topological polar surface area (TPSA) is 86.7 Å². The number of nitrogens with zero attached hydrogens (tertiary/aromatic N) is 1. The summed E-state index contributed by atoms with van der Waals surface area (Å²) < 4.78 is 28.4. The SMILES string of the molecule is O=C(O)c1ccc2ccccc2c1-c1ccc2c(c1)S(=O)(=O)NC1CCCN21. The van der Waals surface area contributed by atoms with Crippen LogP contribution >= 0.6 is 0 Å². The van der Waals surface area contributed by atoms with Gasteiger partial charge in [-0.2, -0.15) is 4.72 Å². The summed E-state index contributed by atoms with van der Waals surface area (Å²) in [4.78, 5) is 14.1. The van der Waals surface area contributed by atoms with Crippen LogP contribution in [0.4, 0.5) is 5.69 Å². The van der Waals surface area contributed by atoms with E-state index in [1.807, 2.05) is 30.3 Å². The number of fused-ring (bicyclic) bond motifs is 4. The number of hydrogen-bond acceptors (Lipinski definition) is 4. The number of carboxylic acid groups (broad SMARTS) is 1. The largest absolute Gasteiger partial charge is 0.478 e. The number of nitrogens with one attached hydrogen (secondary N) is 1. The van der Waals surface area contributed by atoms with Crippen molar-refractivity contribution in [2.24, 2.45) is 0 Å². The van der Waals surface area contributed by atoms with Gasteiger partial charge in [-0.25, -0.2) is 13.2 Å². The highest BCUT2D eigenvalue weighted by Crippen LogP contribution is 2.40. The summed E-state index contributed by atoms with van der Waals surface area (Å²) in [6, 6.07) is 16.1. The quantitative estimate of drug-likeness (QED) is 0.695. The van der Waals surface area contributed by atoms with Gasteiger partial charge in [-0.1, -0.05) is 36.4 Å². The normalized spacial score (nSPS) is 20.0. The molecule has 2 N–H and O–H groups in total. The van der Waals surface area contributed by atoms with Crippen molar-refractivity contribution in [1.82, 2.24) is 4.72 Å². The average molecular weight is 394 g/mol. The monoisotopic (exact) mass is 394 g/mol. The third kappa shape index (κ3) is 2.51. The molecule has 3 aromatic rings. The maximum absolute atomic E-state index is 12.8. The highest BCUT2D eigenvalue weighted by Gasteiger charge is 2.37. The number of anilines is 1. The van der Waals surface area contributed by atoms with Crippen LogP contribution in [0.15, 0.2) is 59.5 Å². The molecule has 2 aliphatic heterocycles. The molecular formula is C21H18N2O4S. The molecule has 6 nitrogen and oxygen atoms in total. The van der Waals surface area contributed by atoms with E-state index in [1.165, 1.54) is 0 Å². The summed E-state index contributed by atoms with van der Waals surface area (Å²) in [5, 5.41) is 11.4. The number of hydrogen-bond donors (Lipinski definition) is 2. The Morgan fingerprint density at radius 1 is 1.11 bits per heavy atom. The zero-order valence-electron chi connectivity index (χ0n) is 14.9. The Bertz CT molecular complexity index is 1240. The third-order valence-electron chi connectivity index (χ3n) is 5.55. The van der Waals surface area contributed by atoms with Crippen molar-refractivity contribution in [3.05, 3.63) is 60.2 Å². The minimum Gasteiger partial charge on any atom is -0.478 e. The van der Waals surface area contributed by atoms with Crippen molar-refractivity contribution in [3.8, 4) is 11.1 Å². The Morgan fingerprint density at radius 3 is 2.75 bits per heavy atom. The Morgan fingerprint density at radius 2 is 1.93 bits per heavy atom. The Hall–Kier alpha value is -2.90. The lowest BCUT2D eigenvalue weighted by Gasteiger charge is -2.34. The third-order valence-corrected chi connectivity index (χ3v) is 7.04. The smallest absolute Gasteiger partial charge is 0.336 e. The van der Waals surface area contributed by atoms with Crippen molar-refractivity contribution in [1.29, 1.82) is 0 Å². The van der Waals surface area contributed by atoms with Gasteiger partial charge in [0.25, 0.3) is 0 Å². The summed E-state index contributed by atoms with van der Waals surface area (Å²) >= 11 is 0. The van der Waals surface area contributed by atoms with Crippen LogP contribution in [0, 0.1) is 0 Å². The predicted octanol–water partition coefficient (Wildman–Crippen LogP) is 3.42. The second kappa shape index (κ2) is 6.05. The minimum absolute atomic E-state index is 0.152. The molecule has 142 valence electrons. The molecule has 2 aliphatic rings. The van der Waals surface area contributed by atoms with Crippen LogP contribution in [-0.4, -0.2) is 32.2 Å². The maximum Gasteiger partial charge on any atom is 0.336 e. The van der Waals surface area contributed by atoms with E-state index in [2.05, 4.69) is 9.62 Å². The Kier molecular flexibility index (Phi) is 3.72. The van der Waals surface area contributed by atoms with Gasteiger partial charge < -0.3 is 10.0 Å². The molecule has 0 aromatic heterocycles. The molecule has 0 spiro atoms. The van der Waals surface area contributed by atoms with Crippen LogP contribution in [0.25, 0.3) is 21.9 Å². The van der Waals surface area contributed by atoms with Crippen LogP contribution in [0.5, 0.6) is 0 Å². The zero-order valence-corrected chi connectivity index (χ0v) is 15.7. The maximum atomic E-state index is 12.8. The van der Waals surface area contributed by atoms with Gasteiger partial charge in [0.2, 0.25) is 10.0 Å². The van der Waals surface area contributed by atoms with E-state index >= 15 is 0 Å². The number of carboxylic acids is 1. The van der Waals surface area contributed by atoms with E-state index in [1.54, 1.807) is 24.3 Å². The summed E-state index contributed by atoms with van der Waals surface area (Å²) in [6.07, 6.45) is 1.52. The van der Waals surface area contributed by atoms with Crippen molar-refractivity contribution in [2.45, 2.75) is 23.9 Å². The summed E-state index contributed by atoms with van der Waals surface area (Å²) in [5.41, 5.74) is 1.95. The molecule has 0 radical (unpaired) electrons. The first-order valence-corrected chi connectivity index (χ1v) is 10.6. The molecule has 2 heterocycles. The van der Waals surface area contributed by atoms with Gasteiger partial charge in [0.15, 0.2) is 0 Å². The van der Waals surface area contributed by atoms with Gasteiger partial charge in [-0.3, -0.25) is 0 Å². The van der Waals surface area contributed by atoms with Gasteiger partial charge in [0.05, 0.1) is 17.4 Å². The lowest BCUT2D eigenvalue weighted by Crippen LogP contribution is -2.48. The number of sulfonamides is 1. The number of carbonyl (C=O) groups is 1. The molecule has 1 saturated heterocycles. The summed E-state index contributed by atoms with van der Waals surface area (Å²) in [6.45, 7) is 0.800. The van der Waals surface area contributed by atoms with E-state index < -0.39 is 16.0 Å². The summed E-state index contributed by atoms with van der Waals surface area (Å²) in [5.74, 6) is -1.04. The van der Waals surface area contributed by atoms with Crippen LogP contribution in [0.3, 0.4) is 0 Å². The molecule has 0 aliphatic carbocycles. The Labute approximate surface area is 162 Å². The van der Waals surface area contributed by atoms with Gasteiger partial charge in [0.1, 0.15) is 4.90 Å². The molecule has 1 fully saturated rings. The van der Waals surface area contributed by atoms with Gasteiger partial charge in [-0.15, -0.1) is 0 Å². The van der Waals surface area contributed by atoms with Gasteiger partial charge in [-0.05, 0) is 47.4 Å². The van der Waals surface area contributed by atoms with Gasteiger partial charge in [0, 0.05) is 12.1 Å². The van der Waals surface area contributed by atoms with Crippen molar-refractivity contribution < 1.29 is 18.3 Å². The highest BCUT2D eigenvalue weighted by molar-refractivity contribution is 7.89. The fourth-order valence-electron chi connectivity index (χ4n) is 4.30. The lowest BCUT2D eigenvalue weighted by atomic mass is 9.93. The van der Waals surface area contributed by atoms with Gasteiger partial charge >= 0.3 is 5.97 Å². The molecule has 0 bridgehead atoms. The van der Waals surface area contributed by atoms with E-state index in [-0.39, 0.29) is 16.6 Å².